The molecule has 2 fully saturated rings. The maximum atomic E-state index is 12.9. The molecule has 2 aliphatic rings. The number of morpholine rings is 1. The van der Waals surface area contributed by atoms with Crippen molar-refractivity contribution in [1.82, 2.24) is 4.90 Å². The second-order valence-corrected chi connectivity index (χ2v) is 4.33. The van der Waals surface area contributed by atoms with Crippen molar-refractivity contribution in [2.75, 3.05) is 32.8 Å². The van der Waals surface area contributed by atoms with Crippen LogP contribution in [-0.2, 0) is 4.74 Å². The van der Waals surface area contributed by atoms with Gasteiger partial charge in [0, 0.05) is 31.5 Å². The van der Waals surface area contributed by atoms with Gasteiger partial charge in [-0.3, -0.25) is 4.90 Å². The van der Waals surface area contributed by atoms with Crippen molar-refractivity contribution in [3.63, 3.8) is 0 Å². The normalized spacial score (nSPS) is 39.0. The Morgan fingerprint density at radius 3 is 2.31 bits per heavy atom. The van der Waals surface area contributed by atoms with E-state index in [-0.39, 0.29) is 6.42 Å². The van der Waals surface area contributed by atoms with E-state index >= 15 is 0 Å². The van der Waals surface area contributed by atoms with E-state index in [0.29, 0.717) is 19.8 Å². The predicted molar refractivity (Wildman–Crippen MR) is 44.9 cm³/mol. The molecule has 2 nitrogen and oxygen atoms in total. The van der Waals surface area contributed by atoms with Gasteiger partial charge in [-0.05, 0) is 0 Å². The molecule has 0 radical (unpaired) electrons. The Hall–Kier alpha value is -0.220. The highest BCUT2D eigenvalue weighted by molar-refractivity contribution is 5.08. The van der Waals surface area contributed by atoms with Crippen LogP contribution in [0.15, 0.2) is 0 Å². The first-order chi connectivity index (χ1) is 6.04. The minimum Gasteiger partial charge on any atom is -0.379 e. The molecule has 0 aromatic heterocycles. The molecular formula is C9H15F2NO. The minimum absolute atomic E-state index is 0.0529. The molecule has 0 amide bonds. The Kier molecular flexibility index (Phi) is 2.07. The van der Waals surface area contributed by atoms with Crippen molar-refractivity contribution < 1.29 is 13.5 Å². The van der Waals surface area contributed by atoms with Gasteiger partial charge in [0.25, 0.3) is 5.92 Å². The summed E-state index contributed by atoms with van der Waals surface area (Å²) in [6.45, 7) is 5.15. The molecule has 0 aromatic carbocycles. The summed E-state index contributed by atoms with van der Waals surface area (Å²) in [5.74, 6) is -2.43. The van der Waals surface area contributed by atoms with Crippen molar-refractivity contribution >= 4 is 0 Å². The molecule has 1 heterocycles. The highest BCUT2D eigenvalue weighted by atomic mass is 19.3. The number of nitrogens with zero attached hydrogens (tertiary/aromatic N) is 1. The highest BCUT2D eigenvalue weighted by Gasteiger charge is 2.67. The van der Waals surface area contributed by atoms with Gasteiger partial charge in [0.1, 0.15) is 0 Å². The van der Waals surface area contributed by atoms with Crippen molar-refractivity contribution in [3.05, 3.63) is 0 Å². The topological polar surface area (TPSA) is 12.5 Å². The summed E-state index contributed by atoms with van der Waals surface area (Å²) in [6, 6.07) is 0. The fourth-order valence-corrected chi connectivity index (χ4v) is 1.87. The van der Waals surface area contributed by atoms with Crippen molar-refractivity contribution in [3.8, 4) is 0 Å². The molecule has 1 saturated carbocycles. The number of alkyl halides is 2. The van der Waals surface area contributed by atoms with E-state index < -0.39 is 11.3 Å². The van der Waals surface area contributed by atoms with E-state index in [1.54, 1.807) is 6.92 Å². The van der Waals surface area contributed by atoms with Crippen LogP contribution >= 0.6 is 0 Å². The molecule has 4 heteroatoms. The molecular weight excluding hydrogens is 176 g/mol. The Labute approximate surface area is 76.9 Å². The van der Waals surface area contributed by atoms with Crippen LogP contribution in [0, 0.1) is 5.41 Å². The number of halogens is 2. The van der Waals surface area contributed by atoms with Gasteiger partial charge in [0.05, 0.1) is 13.2 Å². The highest BCUT2D eigenvalue weighted by Crippen LogP contribution is 2.60. The maximum absolute atomic E-state index is 12.9. The van der Waals surface area contributed by atoms with Crippen LogP contribution < -0.4 is 0 Å². The molecule has 0 bridgehead atoms. The van der Waals surface area contributed by atoms with E-state index in [2.05, 4.69) is 4.90 Å². The summed E-state index contributed by atoms with van der Waals surface area (Å²) in [4.78, 5) is 2.07. The molecule has 1 unspecified atom stereocenters. The monoisotopic (exact) mass is 191 g/mol. The SMILES string of the molecule is CC1(CN2CCOCC2)CC1(F)F. The first-order valence-electron chi connectivity index (χ1n) is 4.71. The summed E-state index contributed by atoms with van der Waals surface area (Å²) in [5, 5.41) is 0. The zero-order valence-electron chi connectivity index (χ0n) is 7.85. The van der Waals surface area contributed by atoms with Crippen molar-refractivity contribution in [2.45, 2.75) is 19.3 Å². The third kappa shape index (κ3) is 1.70. The van der Waals surface area contributed by atoms with Gasteiger partial charge in [-0.2, -0.15) is 0 Å². The molecule has 1 aliphatic carbocycles. The smallest absolute Gasteiger partial charge is 0.255 e. The lowest BCUT2D eigenvalue weighted by Gasteiger charge is -2.29. The van der Waals surface area contributed by atoms with Gasteiger partial charge in [-0.1, -0.05) is 6.92 Å². The van der Waals surface area contributed by atoms with Gasteiger partial charge in [-0.15, -0.1) is 0 Å². The van der Waals surface area contributed by atoms with Crippen LogP contribution in [0.2, 0.25) is 0 Å². The minimum atomic E-state index is -2.43. The van der Waals surface area contributed by atoms with Crippen molar-refractivity contribution in [2.24, 2.45) is 5.41 Å². The summed E-state index contributed by atoms with van der Waals surface area (Å²) < 4.78 is 30.9. The molecule has 0 spiro atoms. The first kappa shape index (κ1) is 9.34. The lowest BCUT2D eigenvalue weighted by Crippen LogP contribution is -2.40. The molecule has 13 heavy (non-hydrogen) atoms. The molecule has 2 rings (SSSR count). The van der Waals surface area contributed by atoms with Gasteiger partial charge >= 0.3 is 0 Å². The second-order valence-electron chi connectivity index (χ2n) is 4.33. The zero-order valence-corrected chi connectivity index (χ0v) is 7.85. The van der Waals surface area contributed by atoms with Gasteiger partial charge < -0.3 is 4.74 Å². The van der Waals surface area contributed by atoms with E-state index in [0.717, 1.165) is 13.1 Å². The third-order valence-corrected chi connectivity index (χ3v) is 3.05. The van der Waals surface area contributed by atoms with Gasteiger partial charge in [-0.25, -0.2) is 8.78 Å². The van der Waals surface area contributed by atoms with E-state index in [9.17, 15) is 8.78 Å². The summed E-state index contributed by atoms with van der Waals surface area (Å²) in [6.07, 6.45) is 0.0529. The first-order valence-corrected chi connectivity index (χ1v) is 4.71. The largest absolute Gasteiger partial charge is 0.379 e. The van der Waals surface area contributed by atoms with E-state index in [1.807, 2.05) is 0 Å². The molecule has 0 N–H and O–H groups in total. The molecule has 1 atom stereocenters. The van der Waals surface area contributed by atoms with Crippen LogP contribution in [0.4, 0.5) is 8.78 Å². The quantitative estimate of drug-likeness (QED) is 0.653. The molecule has 1 aliphatic heterocycles. The fraction of sp³-hybridized carbons (Fsp3) is 1.00. The Bertz CT molecular complexity index is 204. The Balaban J connectivity index is 1.84. The standard InChI is InChI=1S/C9H15F2NO/c1-8(6-9(8,10)11)7-12-2-4-13-5-3-12/h2-7H2,1H3. The summed E-state index contributed by atoms with van der Waals surface area (Å²) in [7, 11) is 0. The van der Waals surface area contributed by atoms with Crippen LogP contribution in [0.25, 0.3) is 0 Å². The fourth-order valence-electron chi connectivity index (χ4n) is 1.87. The van der Waals surface area contributed by atoms with Gasteiger partial charge in [0.15, 0.2) is 0 Å². The number of hydrogen-bond acceptors (Lipinski definition) is 2. The van der Waals surface area contributed by atoms with Gasteiger partial charge in [0.2, 0.25) is 0 Å². The van der Waals surface area contributed by atoms with Crippen LogP contribution in [0.3, 0.4) is 0 Å². The van der Waals surface area contributed by atoms with E-state index in [4.69, 9.17) is 4.74 Å². The van der Waals surface area contributed by atoms with Crippen LogP contribution in [0.1, 0.15) is 13.3 Å². The number of ether oxygens (including phenoxy) is 1. The average molecular weight is 191 g/mol. The molecule has 76 valence electrons. The molecule has 0 aromatic rings. The second kappa shape index (κ2) is 2.89. The Morgan fingerprint density at radius 2 is 1.85 bits per heavy atom. The zero-order chi connectivity index (χ0) is 9.53. The Morgan fingerprint density at radius 1 is 1.31 bits per heavy atom. The lowest BCUT2D eigenvalue weighted by atomic mass is 10.1. The maximum Gasteiger partial charge on any atom is 0.255 e. The van der Waals surface area contributed by atoms with Crippen molar-refractivity contribution in [1.29, 1.82) is 0 Å². The lowest BCUT2D eigenvalue weighted by molar-refractivity contribution is 0.00729. The van der Waals surface area contributed by atoms with Crippen LogP contribution in [0.5, 0.6) is 0 Å². The number of hydrogen-bond donors (Lipinski definition) is 0. The van der Waals surface area contributed by atoms with Crippen LogP contribution in [-0.4, -0.2) is 43.7 Å². The third-order valence-electron chi connectivity index (χ3n) is 3.05. The van der Waals surface area contributed by atoms with E-state index in [1.165, 1.54) is 0 Å². The predicted octanol–water partition coefficient (Wildman–Crippen LogP) is 1.36. The average Bonchev–Trinajstić information content (AvgIpc) is 2.51. The summed E-state index contributed by atoms with van der Waals surface area (Å²) in [5.41, 5.74) is -0.760. The molecule has 1 saturated heterocycles. The summed E-state index contributed by atoms with van der Waals surface area (Å²) >= 11 is 0. The number of rotatable bonds is 2.